The van der Waals surface area contributed by atoms with Gasteiger partial charge in [-0.15, -0.1) is 0 Å². The zero-order chi connectivity index (χ0) is 11.2. The van der Waals surface area contributed by atoms with Gasteiger partial charge in [0.25, 0.3) is 0 Å². The minimum atomic E-state index is 1.08. The summed E-state index contributed by atoms with van der Waals surface area (Å²) in [5.74, 6) is 0. The van der Waals surface area contributed by atoms with Crippen LogP contribution in [0.2, 0.25) is 0 Å². The van der Waals surface area contributed by atoms with Gasteiger partial charge in [0.1, 0.15) is 0 Å². The number of unbranched alkanes of at least 4 members (excludes halogenated alkanes) is 2. The zero-order valence-electron chi connectivity index (χ0n) is 10.3. The van der Waals surface area contributed by atoms with Crippen molar-refractivity contribution in [3.8, 4) is 0 Å². The van der Waals surface area contributed by atoms with E-state index in [9.17, 15) is 0 Å². The molecule has 0 aliphatic heterocycles. The highest BCUT2D eigenvalue weighted by molar-refractivity contribution is 4.35. The van der Waals surface area contributed by atoms with Crippen LogP contribution >= 0.6 is 0 Å². The van der Waals surface area contributed by atoms with Crippen LogP contribution in [0.4, 0.5) is 0 Å². The highest BCUT2D eigenvalue weighted by Crippen LogP contribution is 1.80. The lowest BCUT2D eigenvalue weighted by atomic mass is 10.3. The Morgan fingerprint density at radius 3 is 1.40 bits per heavy atom. The van der Waals surface area contributed by atoms with Crippen molar-refractivity contribution in [2.24, 2.45) is 0 Å². The van der Waals surface area contributed by atoms with E-state index in [0.29, 0.717) is 0 Å². The Balaban J connectivity index is 2.81. The van der Waals surface area contributed by atoms with Crippen LogP contribution in [0.5, 0.6) is 0 Å². The molecule has 0 saturated carbocycles. The Morgan fingerprint density at radius 1 is 0.533 bits per heavy atom. The Labute approximate surface area is 94.2 Å². The molecule has 0 radical (unpaired) electrons. The average Bonchev–Trinajstić information content (AvgIpc) is 2.26. The lowest BCUT2D eigenvalue weighted by Crippen LogP contribution is -2.86. The first-order valence-corrected chi connectivity index (χ1v) is 6.63. The van der Waals surface area contributed by atoms with E-state index < -0.39 is 0 Å². The lowest BCUT2D eigenvalue weighted by Gasteiger charge is -2.01. The standard InChI is InChI=1S/C11H28N4/c12-6-1-2-8-14-9-3-4-10-15-11-5-7-13/h14-15H,1-13H2/p+4. The van der Waals surface area contributed by atoms with Gasteiger partial charge in [-0.25, -0.2) is 0 Å². The molecule has 15 heavy (non-hydrogen) atoms. The number of hydrogen-bond acceptors (Lipinski definition) is 0. The number of hydrogen-bond donors (Lipinski definition) is 4. The molecule has 0 saturated heterocycles. The van der Waals surface area contributed by atoms with Gasteiger partial charge in [-0.3, -0.25) is 0 Å². The molecule has 0 aliphatic rings. The van der Waals surface area contributed by atoms with Gasteiger partial charge in [0.15, 0.2) is 0 Å². The molecule has 0 amide bonds. The van der Waals surface area contributed by atoms with Gasteiger partial charge in [-0.1, -0.05) is 0 Å². The fourth-order valence-electron chi connectivity index (χ4n) is 1.62. The fourth-order valence-corrected chi connectivity index (χ4v) is 1.62. The van der Waals surface area contributed by atoms with Gasteiger partial charge in [0.2, 0.25) is 0 Å². The Hall–Kier alpha value is -0.160. The summed E-state index contributed by atoms with van der Waals surface area (Å²) >= 11 is 0. The summed E-state index contributed by atoms with van der Waals surface area (Å²) in [5, 5.41) is 4.87. The first-order valence-electron chi connectivity index (χ1n) is 6.63. The van der Waals surface area contributed by atoms with E-state index in [0.717, 1.165) is 13.1 Å². The minimum Gasteiger partial charge on any atom is -0.358 e. The molecule has 0 aromatic rings. The molecule has 4 heteroatoms. The molecule has 10 N–H and O–H groups in total. The SMILES string of the molecule is [NH3+]CCCC[NH2+]CCCC[NH2+]CCC[NH3+]. The summed E-state index contributed by atoms with van der Waals surface area (Å²) in [6, 6.07) is 0. The third-order valence-electron chi connectivity index (χ3n) is 2.63. The van der Waals surface area contributed by atoms with Crippen molar-refractivity contribution >= 4 is 0 Å². The molecule has 0 aromatic carbocycles. The summed E-state index contributed by atoms with van der Waals surface area (Å²) in [7, 11) is 0. The largest absolute Gasteiger partial charge is 0.358 e. The van der Waals surface area contributed by atoms with Crippen molar-refractivity contribution in [3.63, 3.8) is 0 Å². The predicted molar refractivity (Wildman–Crippen MR) is 61.9 cm³/mol. The van der Waals surface area contributed by atoms with E-state index in [-0.39, 0.29) is 0 Å². The van der Waals surface area contributed by atoms with Gasteiger partial charge in [0, 0.05) is 32.1 Å². The van der Waals surface area contributed by atoms with Crippen LogP contribution in [-0.4, -0.2) is 39.3 Å². The molecular formula is C11H32N4+4. The quantitative estimate of drug-likeness (QED) is 0.247. The monoisotopic (exact) mass is 220 g/mol. The number of quaternary nitrogens is 4. The summed E-state index contributed by atoms with van der Waals surface area (Å²) in [4.78, 5) is 0. The van der Waals surface area contributed by atoms with Gasteiger partial charge in [-0.2, -0.15) is 0 Å². The second-order valence-corrected chi connectivity index (χ2v) is 4.21. The van der Waals surface area contributed by atoms with Crippen molar-refractivity contribution in [2.45, 2.75) is 32.1 Å². The van der Waals surface area contributed by atoms with Crippen LogP contribution in [0.15, 0.2) is 0 Å². The number of nitrogens with two attached hydrogens (primary N) is 2. The maximum atomic E-state index is 3.85. The molecule has 0 unspecified atom stereocenters. The lowest BCUT2D eigenvalue weighted by molar-refractivity contribution is -0.666. The molecule has 0 heterocycles. The zero-order valence-corrected chi connectivity index (χ0v) is 10.3. The normalized spacial score (nSPS) is 10.8. The Kier molecular flexibility index (Phi) is 13.7. The first-order chi connectivity index (χ1) is 7.41. The van der Waals surface area contributed by atoms with Crippen LogP contribution in [0.1, 0.15) is 32.1 Å². The molecule has 0 spiro atoms. The average molecular weight is 220 g/mol. The van der Waals surface area contributed by atoms with Crippen LogP contribution in [-0.2, 0) is 0 Å². The third-order valence-corrected chi connectivity index (χ3v) is 2.63. The van der Waals surface area contributed by atoms with E-state index in [1.54, 1.807) is 0 Å². The van der Waals surface area contributed by atoms with Crippen LogP contribution < -0.4 is 22.1 Å². The molecular weight excluding hydrogens is 188 g/mol. The van der Waals surface area contributed by atoms with E-state index in [1.165, 1.54) is 58.3 Å². The minimum absolute atomic E-state index is 1.08. The molecule has 0 aromatic heterocycles. The van der Waals surface area contributed by atoms with E-state index in [1.807, 2.05) is 0 Å². The Bertz CT molecular complexity index is 96.8. The Morgan fingerprint density at radius 2 is 0.933 bits per heavy atom. The van der Waals surface area contributed by atoms with Gasteiger partial charge >= 0.3 is 0 Å². The van der Waals surface area contributed by atoms with Gasteiger partial charge < -0.3 is 22.1 Å². The van der Waals surface area contributed by atoms with Crippen molar-refractivity contribution in [3.05, 3.63) is 0 Å². The van der Waals surface area contributed by atoms with E-state index >= 15 is 0 Å². The molecule has 92 valence electrons. The summed E-state index contributed by atoms with van der Waals surface area (Å²) in [5.41, 5.74) is 7.68. The third kappa shape index (κ3) is 13.8. The smallest absolute Gasteiger partial charge is 0.0809 e. The maximum Gasteiger partial charge on any atom is 0.0809 e. The predicted octanol–water partition coefficient (Wildman–Crippen LogP) is -3.45. The first kappa shape index (κ1) is 14.8. The summed E-state index contributed by atoms with van der Waals surface area (Å²) < 4.78 is 0. The van der Waals surface area contributed by atoms with Gasteiger partial charge in [0.05, 0.1) is 39.3 Å². The molecule has 0 fully saturated rings. The molecule has 0 bridgehead atoms. The molecule has 0 rings (SSSR count). The molecule has 0 aliphatic carbocycles. The van der Waals surface area contributed by atoms with Crippen molar-refractivity contribution in [2.75, 3.05) is 39.3 Å². The summed E-state index contributed by atoms with van der Waals surface area (Å²) in [6.07, 6.45) is 6.61. The van der Waals surface area contributed by atoms with Crippen molar-refractivity contribution in [1.82, 2.24) is 0 Å². The molecule has 4 nitrogen and oxygen atoms in total. The van der Waals surface area contributed by atoms with E-state index in [2.05, 4.69) is 22.1 Å². The highest BCUT2D eigenvalue weighted by atomic mass is 14.9. The van der Waals surface area contributed by atoms with E-state index in [4.69, 9.17) is 0 Å². The van der Waals surface area contributed by atoms with Crippen LogP contribution in [0.3, 0.4) is 0 Å². The second-order valence-electron chi connectivity index (χ2n) is 4.21. The highest BCUT2D eigenvalue weighted by Gasteiger charge is 1.95. The van der Waals surface area contributed by atoms with Crippen molar-refractivity contribution in [1.29, 1.82) is 0 Å². The van der Waals surface area contributed by atoms with Crippen molar-refractivity contribution < 1.29 is 22.1 Å². The number of rotatable bonds is 12. The fraction of sp³-hybridized carbons (Fsp3) is 1.00. The second kappa shape index (κ2) is 13.8. The van der Waals surface area contributed by atoms with Crippen LogP contribution in [0, 0.1) is 0 Å². The van der Waals surface area contributed by atoms with Gasteiger partial charge in [-0.05, 0) is 0 Å². The topological polar surface area (TPSA) is 88.5 Å². The summed E-state index contributed by atoms with van der Waals surface area (Å²) in [6.45, 7) is 7.33. The molecule has 0 atom stereocenters. The van der Waals surface area contributed by atoms with Crippen LogP contribution in [0.25, 0.3) is 0 Å². The maximum absolute atomic E-state index is 3.85.